The normalized spacial score (nSPS) is 10.2. The number of halogens is 1. The van der Waals surface area contributed by atoms with E-state index in [1.54, 1.807) is 42.5 Å². The van der Waals surface area contributed by atoms with Gasteiger partial charge >= 0.3 is 0 Å². The monoisotopic (exact) mass is 498 g/mol. The highest BCUT2D eigenvalue weighted by Gasteiger charge is 2.19. The van der Waals surface area contributed by atoms with Gasteiger partial charge in [0.25, 0.3) is 17.5 Å². The second-order valence-electron chi connectivity index (χ2n) is 6.96. The molecular weight excluding hydrogens is 480 g/mol. The second kappa shape index (κ2) is 10.7. The van der Waals surface area contributed by atoms with Crippen molar-refractivity contribution in [3.63, 3.8) is 0 Å². The number of nitro groups is 1. The Balaban J connectivity index is 1.70. The molecule has 0 bridgehead atoms. The molecule has 3 rings (SSSR count). The molecule has 0 spiro atoms. The molecule has 0 saturated carbocycles. The van der Waals surface area contributed by atoms with Crippen molar-refractivity contribution in [1.29, 1.82) is 0 Å². The first-order valence-electron chi connectivity index (χ1n) is 9.81. The molecule has 9 nitrogen and oxygen atoms in total. The first kappa shape index (κ1) is 24.6. The van der Waals surface area contributed by atoms with Crippen molar-refractivity contribution in [3.05, 3.63) is 92.5 Å². The van der Waals surface area contributed by atoms with Crippen LogP contribution >= 0.6 is 23.8 Å². The molecule has 2 amide bonds. The summed E-state index contributed by atoms with van der Waals surface area (Å²) in [6, 6.07) is 15.7. The van der Waals surface area contributed by atoms with Gasteiger partial charge in [-0.3, -0.25) is 25.0 Å². The van der Waals surface area contributed by atoms with E-state index in [1.807, 2.05) is 0 Å². The quantitative estimate of drug-likeness (QED) is 0.250. The molecule has 0 radical (unpaired) electrons. The molecule has 0 aliphatic carbocycles. The van der Waals surface area contributed by atoms with Gasteiger partial charge in [-0.2, -0.15) is 0 Å². The van der Waals surface area contributed by atoms with Crippen molar-refractivity contribution in [3.8, 4) is 5.75 Å². The third-order valence-corrected chi connectivity index (χ3v) is 5.33. The summed E-state index contributed by atoms with van der Waals surface area (Å²) < 4.78 is 5.35. The first-order valence-corrected chi connectivity index (χ1v) is 10.6. The average Bonchev–Trinajstić information content (AvgIpc) is 2.80. The van der Waals surface area contributed by atoms with E-state index in [9.17, 15) is 19.7 Å². The third-order valence-electron chi connectivity index (χ3n) is 4.80. The highest BCUT2D eigenvalue weighted by Crippen LogP contribution is 2.29. The van der Waals surface area contributed by atoms with Crippen LogP contribution in [0.15, 0.2) is 60.7 Å². The standard InChI is InChI=1S/C23H19ClN4O5S/c1-13-15(7-5-9-19(13)28(31)32)21(29)27-23(34)25-14-10-11-18(20(12-14)33-2)26-22(30)16-6-3-4-8-17(16)24/h3-12H,1-2H3,(H,26,30)(H2,25,27,29,34). The zero-order chi connectivity index (χ0) is 24.8. The number of amides is 2. The van der Waals surface area contributed by atoms with Crippen LogP contribution in [0, 0.1) is 17.0 Å². The van der Waals surface area contributed by atoms with Crippen molar-refractivity contribution in [2.75, 3.05) is 17.7 Å². The van der Waals surface area contributed by atoms with Gasteiger partial charge in [0.1, 0.15) is 5.75 Å². The van der Waals surface area contributed by atoms with E-state index in [1.165, 1.54) is 32.2 Å². The SMILES string of the molecule is COc1cc(NC(=S)NC(=O)c2cccc([N+](=O)[O-])c2C)ccc1NC(=O)c1ccccc1Cl. The molecule has 0 aliphatic heterocycles. The van der Waals surface area contributed by atoms with Gasteiger partial charge in [-0.05, 0) is 49.5 Å². The van der Waals surface area contributed by atoms with Crippen LogP contribution in [-0.2, 0) is 0 Å². The van der Waals surface area contributed by atoms with Gasteiger partial charge < -0.3 is 15.4 Å². The Bertz CT molecular complexity index is 1300. The summed E-state index contributed by atoms with van der Waals surface area (Å²) in [7, 11) is 1.44. The first-order chi connectivity index (χ1) is 16.2. The zero-order valence-electron chi connectivity index (χ0n) is 18.0. The van der Waals surface area contributed by atoms with Crippen molar-refractivity contribution in [2.45, 2.75) is 6.92 Å². The number of methoxy groups -OCH3 is 1. The maximum atomic E-state index is 12.6. The molecule has 0 heterocycles. The fraction of sp³-hybridized carbons (Fsp3) is 0.0870. The summed E-state index contributed by atoms with van der Waals surface area (Å²) in [5, 5.41) is 19.5. The summed E-state index contributed by atoms with van der Waals surface area (Å²) in [6.07, 6.45) is 0. The minimum Gasteiger partial charge on any atom is -0.494 e. The average molecular weight is 499 g/mol. The summed E-state index contributed by atoms with van der Waals surface area (Å²) >= 11 is 11.3. The number of nitrogens with zero attached hydrogens (tertiary/aromatic N) is 1. The van der Waals surface area contributed by atoms with E-state index < -0.39 is 16.7 Å². The Hall–Kier alpha value is -4.02. The van der Waals surface area contributed by atoms with Crippen LogP contribution in [0.3, 0.4) is 0 Å². The predicted octanol–water partition coefficient (Wildman–Crippen LogP) is 4.94. The summed E-state index contributed by atoms with van der Waals surface area (Å²) in [4.78, 5) is 35.6. The Morgan fingerprint density at radius 1 is 1.00 bits per heavy atom. The third kappa shape index (κ3) is 5.66. The van der Waals surface area contributed by atoms with Gasteiger partial charge in [0.2, 0.25) is 0 Å². The molecule has 3 N–H and O–H groups in total. The lowest BCUT2D eigenvalue weighted by Crippen LogP contribution is -2.34. The van der Waals surface area contributed by atoms with E-state index in [4.69, 9.17) is 28.6 Å². The van der Waals surface area contributed by atoms with E-state index in [2.05, 4.69) is 16.0 Å². The van der Waals surface area contributed by atoms with Crippen LogP contribution in [0.1, 0.15) is 26.3 Å². The van der Waals surface area contributed by atoms with Crippen molar-refractivity contribution >= 4 is 57.8 Å². The zero-order valence-corrected chi connectivity index (χ0v) is 19.6. The van der Waals surface area contributed by atoms with E-state index in [0.29, 0.717) is 27.7 Å². The molecule has 0 unspecified atom stereocenters. The highest BCUT2D eigenvalue weighted by molar-refractivity contribution is 7.80. The van der Waals surface area contributed by atoms with Gasteiger partial charge in [0.15, 0.2) is 5.11 Å². The summed E-state index contributed by atoms with van der Waals surface area (Å²) in [6.45, 7) is 1.49. The number of nitro benzene ring substituents is 1. The number of anilines is 2. The lowest BCUT2D eigenvalue weighted by molar-refractivity contribution is -0.385. The van der Waals surface area contributed by atoms with Gasteiger partial charge in [-0.15, -0.1) is 0 Å². The summed E-state index contributed by atoms with van der Waals surface area (Å²) in [5.41, 5.74) is 1.40. The van der Waals surface area contributed by atoms with Gasteiger partial charge in [0.05, 0.1) is 28.3 Å². The number of ether oxygens (including phenoxy) is 1. The molecule has 0 aliphatic rings. The van der Waals surface area contributed by atoms with Crippen LogP contribution in [0.2, 0.25) is 5.02 Å². The number of hydrogen-bond donors (Lipinski definition) is 3. The van der Waals surface area contributed by atoms with Gasteiger partial charge in [-0.1, -0.05) is 29.8 Å². The smallest absolute Gasteiger partial charge is 0.273 e. The number of thiocarbonyl (C=S) groups is 1. The summed E-state index contributed by atoms with van der Waals surface area (Å²) in [5.74, 6) is -0.650. The molecule has 0 fully saturated rings. The lowest BCUT2D eigenvalue weighted by Gasteiger charge is -2.14. The van der Waals surface area contributed by atoms with Crippen LogP contribution in [0.5, 0.6) is 5.75 Å². The van der Waals surface area contributed by atoms with Crippen molar-refractivity contribution < 1.29 is 19.2 Å². The molecule has 34 heavy (non-hydrogen) atoms. The maximum absolute atomic E-state index is 12.6. The topological polar surface area (TPSA) is 123 Å². The molecule has 0 atom stereocenters. The van der Waals surface area contributed by atoms with Crippen molar-refractivity contribution in [1.82, 2.24) is 5.32 Å². The van der Waals surface area contributed by atoms with Crippen LogP contribution in [0.25, 0.3) is 0 Å². The van der Waals surface area contributed by atoms with E-state index >= 15 is 0 Å². The lowest BCUT2D eigenvalue weighted by atomic mass is 10.1. The number of hydrogen-bond acceptors (Lipinski definition) is 6. The number of benzene rings is 3. The van der Waals surface area contributed by atoms with E-state index in [-0.39, 0.29) is 21.9 Å². The Labute approximate surface area is 205 Å². The molecule has 174 valence electrons. The maximum Gasteiger partial charge on any atom is 0.273 e. The Morgan fingerprint density at radius 3 is 2.38 bits per heavy atom. The fourth-order valence-corrected chi connectivity index (χ4v) is 3.54. The number of rotatable bonds is 6. The van der Waals surface area contributed by atoms with Crippen LogP contribution in [-0.4, -0.2) is 29.0 Å². The predicted molar refractivity (Wildman–Crippen MR) is 134 cm³/mol. The Kier molecular flexibility index (Phi) is 7.77. The molecular formula is C23H19ClN4O5S. The molecule has 0 aromatic heterocycles. The van der Waals surface area contributed by atoms with Gasteiger partial charge in [-0.25, -0.2) is 0 Å². The fourth-order valence-electron chi connectivity index (χ4n) is 3.11. The van der Waals surface area contributed by atoms with Crippen LogP contribution < -0.4 is 20.7 Å². The molecule has 0 saturated heterocycles. The second-order valence-corrected chi connectivity index (χ2v) is 7.78. The van der Waals surface area contributed by atoms with E-state index in [0.717, 1.165) is 0 Å². The van der Waals surface area contributed by atoms with Crippen LogP contribution in [0.4, 0.5) is 17.1 Å². The largest absolute Gasteiger partial charge is 0.494 e. The minimum atomic E-state index is -0.589. The highest BCUT2D eigenvalue weighted by atomic mass is 35.5. The molecule has 3 aromatic rings. The van der Waals surface area contributed by atoms with Crippen molar-refractivity contribution in [2.24, 2.45) is 0 Å². The number of carbonyl (C=O) groups is 2. The number of nitrogens with one attached hydrogen (secondary N) is 3. The molecule has 3 aromatic carbocycles. The number of carbonyl (C=O) groups excluding carboxylic acids is 2. The van der Waals surface area contributed by atoms with Gasteiger partial charge in [0, 0.05) is 28.9 Å². The Morgan fingerprint density at radius 2 is 1.71 bits per heavy atom. The minimum absolute atomic E-state index is 0.0224. The molecule has 11 heteroatoms.